The third kappa shape index (κ3) is 5.41. The summed E-state index contributed by atoms with van der Waals surface area (Å²) in [6.45, 7) is 7.92. The lowest BCUT2D eigenvalue weighted by molar-refractivity contribution is -0.137. The van der Waals surface area contributed by atoms with E-state index < -0.39 is 11.9 Å². The lowest BCUT2D eigenvalue weighted by Crippen LogP contribution is -2.36. The molecule has 6 heteroatoms. The lowest BCUT2D eigenvalue weighted by atomic mass is 9.85. The minimum absolute atomic E-state index is 0.00912. The van der Waals surface area contributed by atoms with Crippen molar-refractivity contribution in [2.45, 2.75) is 40.2 Å². The number of carboxylic acid groups (broad SMARTS) is 1. The van der Waals surface area contributed by atoms with Crippen molar-refractivity contribution in [3.05, 3.63) is 23.9 Å². The highest BCUT2D eigenvalue weighted by molar-refractivity contribution is 5.89. The second-order valence-corrected chi connectivity index (χ2v) is 5.81. The number of ether oxygens (including phenoxy) is 1. The molecule has 1 heterocycles. The van der Waals surface area contributed by atoms with Crippen LogP contribution in [0.4, 0.5) is 5.82 Å². The molecule has 2 N–H and O–H groups in total. The first-order valence-electron chi connectivity index (χ1n) is 6.85. The van der Waals surface area contributed by atoms with Gasteiger partial charge in [0, 0.05) is 12.2 Å². The summed E-state index contributed by atoms with van der Waals surface area (Å²) in [7, 11) is 0. The molecular formula is C15H22N2O4. The fourth-order valence-corrected chi connectivity index (χ4v) is 1.74. The Morgan fingerprint density at radius 1 is 1.38 bits per heavy atom. The molecule has 0 aliphatic heterocycles. The molecule has 0 bridgehead atoms. The molecule has 0 aromatic carbocycles. The van der Waals surface area contributed by atoms with Gasteiger partial charge in [0.2, 0.25) is 0 Å². The average Bonchev–Trinajstić information content (AvgIpc) is 2.37. The van der Waals surface area contributed by atoms with Crippen LogP contribution in [-0.2, 0) is 9.53 Å². The molecule has 0 aliphatic carbocycles. The predicted octanol–water partition coefficient (Wildman–Crippen LogP) is 2.56. The quantitative estimate of drug-likeness (QED) is 0.784. The second-order valence-electron chi connectivity index (χ2n) is 5.81. The van der Waals surface area contributed by atoms with Crippen molar-refractivity contribution >= 4 is 17.8 Å². The van der Waals surface area contributed by atoms with Gasteiger partial charge >= 0.3 is 11.9 Å². The van der Waals surface area contributed by atoms with E-state index in [4.69, 9.17) is 9.84 Å². The smallest absolute Gasteiger partial charge is 0.339 e. The zero-order valence-electron chi connectivity index (χ0n) is 12.8. The molecule has 0 spiro atoms. The molecule has 21 heavy (non-hydrogen) atoms. The van der Waals surface area contributed by atoms with Crippen molar-refractivity contribution in [1.82, 2.24) is 4.98 Å². The molecule has 1 aromatic rings. The Labute approximate surface area is 124 Å². The van der Waals surface area contributed by atoms with Crippen LogP contribution in [0.15, 0.2) is 18.3 Å². The number of carbonyl (C=O) groups is 2. The van der Waals surface area contributed by atoms with E-state index >= 15 is 0 Å². The summed E-state index contributed by atoms with van der Waals surface area (Å²) in [5, 5.41) is 12.1. The average molecular weight is 294 g/mol. The summed E-state index contributed by atoms with van der Waals surface area (Å²) in [4.78, 5) is 26.6. The molecule has 0 amide bonds. The fourth-order valence-electron chi connectivity index (χ4n) is 1.74. The summed E-state index contributed by atoms with van der Waals surface area (Å²) >= 11 is 0. The van der Waals surface area contributed by atoms with Gasteiger partial charge in [-0.05, 0) is 24.5 Å². The van der Waals surface area contributed by atoms with Crippen molar-refractivity contribution in [3.63, 3.8) is 0 Å². The van der Waals surface area contributed by atoms with Crippen LogP contribution in [0.25, 0.3) is 0 Å². The van der Waals surface area contributed by atoms with Crippen molar-refractivity contribution in [1.29, 1.82) is 0 Å². The second kappa shape index (κ2) is 7.06. The van der Waals surface area contributed by atoms with Crippen LogP contribution in [0.3, 0.4) is 0 Å². The molecule has 1 atom stereocenters. The number of nitrogens with one attached hydrogen (secondary N) is 1. The van der Waals surface area contributed by atoms with E-state index in [1.54, 1.807) is 19.1 Å². The minimum Gasteiger partial charge on any atom is -0.481 e. The summed E-state index contributed by atoms with van der Waals surface area (Å²) < 4.78 is 4.88. The van der Waals surface area contributed by atoms with E-state index in [1.807, 2.05) is 20.8 Å². The van der Waals surface area contributed by atoms with Gasteiger partial charge in [0.1, 0.15) is 5.82 Å². The third-order valence-corrected chi connectivity index (χ3v) is 3.02. The summed E-state index contributed by atoms with van der Waals surface area (Å²) in [6.07, 6.45) is 1.41. The van der Waals surface area contributed by atoms with Crippen LogP contribution >= 0.6 is 0 Å². The van der Waals surface area contributed by atoms with E-state index in [9.17, 15) is 9.59 Å². The molecule has 0 saturated carbocycles. The fraction of sp³-hybridized carbons (Fsp3) is 0.533. The highest BCUT2D eigenvalue weighted by atomic mass is 16.5. The number of nitrogens with zero attached hydrogens (tertiary/aromatic N) is 1. The third-order valence-electron chi connectivity index (χ3n) is 3.02. The van der Waals surface area contributed by atoms with E-state index in [1.165, 1.54) is 6.20 Å². The van der Waals surface area contributed by atoms with Crippen molar-refractivity contribution in [3.8, 4) is 0 Å². The van der Waals surface area contributed by atoms with Crippen LogP contribution in [0.1, 0.15) is 44.5 Å². The molecule has 6 nitrogen and oxygen atoms in total. The number of anilines is 1. The Hall–Kier alpha value is -2.11. The number of rotatable bonds is 6. The first-order valence-corrected chi connectivity index (χ1v) is 6.85. The number of aliphatic carboxylic acids is 1. The SMILES string of the molecule is CCOC(=O)c1ccc(NC(CC(=O)O)C(C)(C)C)nc1. The van der Waals surface area contributed by atoms with E-state index in [0.29, 0.717) is 18.0 Å². The molecule has 1 rings (SSSR count). The Morgan fingerprint density at radius 3 is 2.48 bits per heavy atom. The van der Waals surface area contributed by atoms with Crippen LogP contribution in [-0.4, -0.2) is 34.7 Å². The summed E-state index contributed by atoms with van der Waals surface area (Å²) in [5.74, 6) is -0.760. The van der Waals surface area contributed by atoms with Gasteiger partial charge in [0.15, 0.2) is 0 Å². The van der Waals surface area contributed by atoms with Crippen LogP contribution in [0, 0.1) is 5.41 Å². The highest BCUT2D eigenvalue weighted by Gasteiger charge is 2.27. The van der Waals surface area contributed by atoms with Crippen molar-refractivity contribution in [2.75, 3.05) is 11.9 Å². The number of aromatic nitrogens is 1. The molecule has 116 valence electrons. The topological polar surface area (TPSA) is 88.5 Å². The first-order chi connectivity index (χ1) is 9.74. The van der Waals surface area contributed by atoms with Crippen LogP contribution in [0.5, 0.6) is 0 Å². The Morgan fingerprint density at radius 2 is 2.05 bits per heavy atom. The molecular weight excluding hydrogens is 272 g/mol. The maximum Gasteiger partial charge on any atom is 0.339 e. The van der Waals surface area contributed by atoms with Gasteiger partial charge in [-0.15, -0.1) is 0 Å². The number of esters is 1. The maximum absolute atomic E-state index is 11.5. The van der Waals surface area contributed by atoms with Gasteiger partial charge in [-0.25, -0.2) is 9.78 Å². The molecule has 1 unspecified atom stereocenters. The standard InChI is InChI=1S/C15H22N2O4/c1-5-21-14(20)10-6-7-12(16-9-10)17-11(8-13(18)19)15(2,3)4/h6-7,9,11H,5,8H2,1-4H3,(H,16,17)(H,18,19). The zero-order chi connectivity index (χ0) is 16.0. The van der Waals surface area contributed by atoms with Gasteiger partial charge in [0.05, 0.1) is 18.6 Å². The molecule has 1 aromatic heterocycles. The van der Waals surface area contributed by atoms with E-state index in [2.05, 4.69) is 10.3 Å². The van der Waals surface area contributed by atoms with E-state index in [0.717, 1.165) is 0 Å². The van der Waals surface area contributed by atoms with E-state index in [-0.39, 0.29) is 17.9 Å². The maximum atomic E-state index is 11.5. The molecule has 0 saturated heterocycles. The number of hydrogen-bond acceptors (Lipinski definition) is 5. The van der Waals surface area contributed by atoms with Crippen molar-refractivity contribution < 1.29 is 19.4 Å². The first kappa shape index (κ1) is 16.9. The zero-order valence-corrected chi connectivity index (χ0v) is 12.8. The number of hydrogen-bond donors (Lipinski definition) is 2. The van der Waals surface area contributed by atoms with Gasteiger partial charge < -0.3 is 15.2 Å². The Bertz CT molecular complexity index is 491. The molecule has 0 aliphatic rings. The normalized spacial score (nSPS) is 12.6. The summed E-state index contributed by atoms with van der Waals surface area (Å²) in [5.41, 5.74) is 0.132. The lowest BCUT2D eigenvalue weighted by Gasteiger charge is -2.30. The number of carbonyl (C=O) groups excluding carboxylic acids is 1. The highest BCUT2D eigenvalue weighted by Crippen LogP contribution is 2.25. The van der Waals surface area contributed by atoms with Crippen molar-refractivity contribution in [2.24, 2.45) is 5.41 Å². The van der Waals surface area contributed by atoms with Gasteiger partial charge in [-0.1, -0.05) is 20.8 Å². The van der Waals surface area contributed by atoms with Gasteiger partial charge in [-0.3, -0.25) is 4.79 Å². The monoisotopic (exact) mass is 294 g/mol. The molecule has 0 radical (unpaired) electrons. The van der Waals surface area contributed by atoms with Gasteiger partial charge in [-0.2, -0.15) is 0 Å². The predicted molar refractivity (Wildman–Crippen MR) is 79.3 cm³/mol. The number of pyridine rings is 1. The Balaban J connectivity index is 2.81. The van der Waals surface area contributed by atoms with Gasteiger partial charge in [0.25, 0.3) is 0 Å². The number of carboxylic acids is 1. The summed E-state index contributed by atoms with van der Waals surface area (Å²) in [6, 6.07) is 2.98. The van der Waals surface area contributed by atoms with Crippen LogP contribution in [0.2, 0.25) is 0 Å². The molecule has 0 fully saturated rings. The Kier molecular flexibility index (Phi) is 5.69. The van der Waals surface area contributed by atoms with Crippen LogP contribution < -0.4 is 5.32 Å². The minimum atomic E-state index is -0.870. The largest absolute Gasteiger partial charge is 0.481 e.